The van der Waals surface area contributed by atoms with Crippen molar-refractivity contribution in [2.45, 2.75) is 25.9 Å². The lowest BCUT2D eigenvalue weighted by atomic mass is 10.1. The molecule has 0 N–H and O–H groups in total. The lowest BCUT2D eigenvalue weighted by molar-refractivity contribution is -0.384. The fraction of sp³-hybridized carbons (Fsp3) is 0.333. The standard InChI is InChI=1S/C18H19N3O4/c1-13-2-7-17(12-19-13)25-16-8-10-20(11-9-16)18(22)14-3-5-15(6-4-14)21(23)24/h2-7,12,16H,8-11H2,1H3. The average molecular weight is 341 g/mol. The molecular formula is C18H19N3O4. The summed E-state index contributed by atoms with van der Waals surface area (Å²) in [5.74, 6) is 0.635. The van der Waals surface area contributed by atoms with Gasteiger partial charge >= 0.3 is 0 Å². The summed E-state index contributed by atoms with van der Waals surface area (Å²) in [6, 6.07) is 9.52. The molecule has 25 heavy (non-hydrogen) atoms. The van der Waals surface area contributed by atoms with E-state index in [1.165, 1.54) is 24.3 Å². The molecule has 3 rings (SSSR count). The molecule has 2 heterocycles. The molecule has 7 nitrogen and oxygen atoms in total. The van der Waals surface area contributed by atoms with Crippen LogP contribution >= 0.6 is 0 Å². The SMILES string of the molecule is Cc1ccc(OC2CCN(C(=O)c3ccc([N+](=O)[O-])cc3)CC2)cn1. The third-order valence-corrected chi connectivity index (χ3v) is 4.24. The first-order chi connectivity index (χ1) is 12.0. The molecule has 1 saturated heterocycles. The Labute approximate surface area is 145 Å². The van der Waals surface area contributed by atoms with E-state index in [1.54, 1.807) is 11.1 Å². The molecule has 1 amide bonds. The quantitative estimate of drug-likeness (QED) is 0.630. The molecule has 1 aliphatic heterocycles. The van der Waals surface area contributed by atoms with Crippen LogP contribution in [0.1, 0.15) is 28.9 Å². The monoisotopic (exact) mass is 341 g/mol. The number of nitro benzene ring substituents is 1. The van der Waals surface area contributed by atoms with Crippen molar-refractivity contribution in [1.29, 1.82) is 0 Å². The number of pyridine rings is 1. The van der Waals surface area contributed by atoms with E-state index in [0.717, 1.165) is 24.3 Å². The van der Waals surface area contributed by atoms with Crippen LogP contribution in [0.15, 0.2) is 42.6 Å². The lowest BCUT2D eigenvalue weighted by Crippen LogP contribution is -2.41. The second-order valence-corrected chi connectivity index (χ2v) is 6.05. The maximum atomic E-state index is 12.5. The Morgan fingerprint density at radius 3 is 2.44 bits per heavy atom. The minimum atomic E-state index is -0.475. The Kier molecular flexibility index (Phi) is 4.92. The maximum absolute atomic E-state index is 12.5. The highest BCUT2D eigenvalue weighted by atomic mass is 16.6. The number of nitrogens with zero attached hydrogens (tertiary/aromatic N) is 3. The van der Waals surface area contributed by atoms with Crippen molar-refractivity contribution >= 4 is 11.6 Å². The summed E-state index contributed by atoms with van der Waals surface area (Å²) in [6.07, 6.45) is 3.26. The van der Waals surface area contributed by atoms with Crippen LogP contribution in [-0.2, 0) is 0 Å². The van der Waals surface area contributed by atoms with Crippen molar-refractivity contribution in [3.05, 3.63) is 64.0 Å². The molecule has 1 aliphatic rings. The number of carbonyl (C=O) groups is 1. The molecule has 1 aromatic heterocycles. The zero-order valence-electron chi connectivity index (χ0n) is 13.9. The zero-order chi connectivity index (χ0) is 17.8. The molecule has 0 spiro atoms. The van der Waals surface area contributed by atoms with Crippen LogP contribution in [0.5, 0.6) is 5.75 Å². The van der Waals surface area contributed by atoms with Gasteiger partial charge in [-0.2, -0.15) is 0 Å². The number of aryl methyl sites for hydroxylation is 1. The Balaban J connectivity index is 1.55. The smallest absolute Gasteiger partial charge is 0.269 e. The summed E-state index contributed by atoms with van der Waals surface area (Å²) in [6.45, 7) is 3.12. The summed E-state index contributed by atoms with van der Waals surface area (Å²) in [5.41, 5.74) is 1.39. The van der Waals surface area contributed by atoms with Crippen LogP contribution in [0, 0.1) is 17.0 Å². The summed E-state index contributed by atoms with van der Waals surface area (Å²) in [7, 11) is 0. The molecule has 0 bridgehead atoms. The van der Waals surface area contributed by atoms with Crippen molar-refractivity contribution in [2.24, 2.45) is 0 Å². The van der Waals surface area contributed by atoms with E-state index in [4.69, 9.17) is 4.74 Å². The second kappa shape index (κ2) is 7.29. The van der Waals surface area contributed by atoms with Gasteiger partial charge in [0.25, 0.3) is 11.6 Å². The van der Waals surface area contributed by atoms with Crippen molar-refractivity contribution in [3.8, 4) is 5.75 Å². The molecule has 1 fully saturated rings. The first kappa shape index (κ1) is 16.9. The van der Waals surface area contributed by atoms with E-state index in [1.807, 2.05) is 19.1 Å². The molecule has 1 aromatic carbocycles. The molecule has 130 valence electrons. The second-order valence-electron chi connectivity index (χ2n) is 6.05. The summed E-state index contributed by atoms with van der Waals surface area (Å²) in [4.78, 5) is 28.7. The first-order valence-electron chi connectivity index (χ1n) is 8.16. The molecule has 0 unspecified atom stereocenters. The summed E-state index contributed by atoms with van der Waals surface area (Å²) >= 11 is 0. The van der Waals surface area contributed by atoms with Crippen LogP contribution in [0.2, 0.25) is 0 Å². The molecule has 0 radical (unpaired) electrons. The van der Waals surface area contributed by atoms with Crippen molar-refractivity contribution in [1.82, 2.24) is 9.88 Å². The minimum Gasteiger partial charge on any atom is -0.489 e. The van der Waals surface area contributed by atoms with Crippen LogP contribution in [0.4, 0.5) is 5.69 Å². The maximum Gasteiger partial charge on any atom is 0.269 e. The van der Waals surface area contributed by atoms with Crippen molar-refractivity contribution in [3.63, 3.8) is 0 Å². The molecular weight excluding hydrogens is 322 g/mol. The lowest BCUT2D eigenvalue weighted by Gasteiger charge is -2.32. The van der Waals surface area contributed by atoms with Gasteiger partial charge in [0.05, 0.1) is 11.1 Å². The van der Waals surface area contributed by atoms with E-state index < -0.39 is 4.92 Å². The number of ether oxygens (including phenoxy) is 1. The molecule has 0 saturated carbocycles. The zero-order valence-corrected chi connectivity index (χ0v) is 13.9. The van der Waals surface area contributed by atoms with Crippen LogP contribution in [0.3, 0.4) is 0 Å². The Bertz CT molecular complexity index is 751. The average Bonchev–Trinajstić information content (AvgIpc) is 2.64. The number of aromatic nitrogens is 1. The number of carbonyl (C=O) groups excluding carboxylic acids is 1. The number of hydrogen-bond acceptors (Lipinski definition) is 5. The van der Waals surface area contributed by atoms with E-state index in [9.17, 15) is 14.9 Å². The van der Waals surface area contributed by atoms with Gasteiger partial charge in [-0.15, -0.1) is 0 Å². The van der Waals surface area contributed by atoms with Gasteiger partial charge in [-0.3, -0.25) is 19.9 Å². The van der Waals surface area contributed by atoms with Gasteiger partial charge < -0.3 is 9.64 Å². The molecule has 2 aromatic rings. The van der Waals surface area contributed by atoms with Gasteiger partial charge in [-0.25, -0.2) is 0 Å². The van der Waals surface area contributed by atoms with Crippen molar-refractivity contribution < 1.29 is 14.5 Å². The van der Waals surface area contributed by atoms with Gasteiger partial charge in [-0.1, -0.05) is 0 Å². The predicted molar refractivity (Wildman–Crippen MR) is 91.6 cm³/mol. The van der Waals surface area contributed by atoms with E-state index in [2.05, 4.69) is 4.98 Å². The number of piperidine rings is 1. The first-order valence-corrected chi connectivity index (χ1v) is 8.16. The normalized spacial score (nSPS) is 15.0. The van der Waals surface area contributed by atoms with Gasteiger partial charge in [-0.05, 0) is 31.2 Å². The number of nitro groups is 1. The third-order valence-electron chi connectivity index (χ3n) is 4.24. The van der Waals surface area contributed by atoms with Crippen LogP contribution in [-0.4, -0.2) is 39.9 Å². The van der Waals surface area contributed by atoms with E-state index in [0.29, 0.717) is 18.7 Å². The Hall–Kier alpha value is -2.96. The Morgan fingerprint density at radius 1 is 1.20 bits per heavy atom. The van der Waals surface area contributed by atoms with Crippen molar-refractivity contribution in [2.75, 3.05) is 13.1 Å². The van der Waals surface area contributed by atoms with E-state index in [-0.39, 0.29) is 17.7 Å². The number of amides is 1. The van der Waals surface area contributed by atoms with Crippen LogP contribution in [0.25, 0.3) is 0 Å². The van der Waals surface area contributed by atoms with Gasteiger partial charge in [0, 0.05) is 49.3 Å². The van der Waals surface area contributed by atoms with Gasteiger partial charge in [0.2, 0.25) is 0 Å². The molecule has 0 atom stereocenters. The predicted octanol–water partition coefficient (Wildman–Crippen LogP) is 2.98. The highest BCUT2D eigenvalue weighted by molar-refractivity contribution is 5.94. The Morgan fingerprint density at radius 2 is 1.88 bits per heavy atom. The fourth-order valence-corrected chi connectivity index (χ4v) is 2.80. The largest absolute Gasteiger partial charge is 0.489 e. The number of non-ortho nitro benzene ring substituents is 1. The molecule has 0 aliphatic carbocycles. The van der Waals surface area contributed by atoms with Crippen LogP contribution < -0.4 is 4.74 Å². The highest BCUT2D eigenvalue weighted by Gasteiger charge is 2.25. The number of rotatable bonds is 4. The minimum absolute atomic E-state index is 0.0182. The fourth-order valence-electron chi connectivity index (χ4n) is 2.80. The number of likely N-dealkylation sites (tertiary alicyclic amines) is 1. The number of hydrogen-bond donors (Lipinski definition) is 0. The highest BCUT2D eigenvalue weighted by Crippen LogP contribution is 2.20. The summed E-state index contributed by atoms with van der Waals surface area (Å²) in [5, 5.41) is 10.7. The third kappa shape index (κ3) is 4.12. The van der Waals surface area contributed by atoms with Gasteiger partial charge in [0.15, 0.2) is 0 Å². The molecule has 7 heteroatoms. The van der Waals surface area contributed by atoms with Gasteiger partial charge in [0.1, 0.15) is 11.9 Å². The summed E-state index contributed by atoms with van der Waals surface area (Å²) < 4.78 is 5.91. The topological polar surface area (TPSA) is 85.6 Å². The number of benzene rings is 1. The van der Waals surface area contributed by atoms with E-state index >= 15 is 0 Å².